The Morgan fingerprint density at radius 2 is 2.06 bits per heavy atom. The highest BCUT2D eigenvalue weighted by Crippen LogP contribution is 2.45. The van der Waals surface area contributed by atoms with E-state index in [2.05, 4.69) is 63.4 Å². The van der Waals surface area contributed by atoms with Crippen LogP contribution in [-0.2, 0) is 11.3 Å². The molecule has 2 aromatic heterocycles. The van der Waals surface area contributed by atoms with Gasteiger partial charge in [0.2, 0.25) is 0 Å². The Morgan fingerprint density at radius 1 is 1.18 bits per heavy atom. The average molecular weight is 457 g/mol. The number of aromatic nitrogens is 3. The standard InChI is InChI=1S/C28H32N4O2/c1-19-14-26(33-2)24(23-8-11-29-27(19)23)18-32-12-10-28(9-3-13-34-28)15-25(32)21-6-4-20(5-7-21)22-16-30-31-17-22/h4-8,11,14,16-17,25,29H,3,9-10,12-13,15,18H2,1-2H3,(H,30,31)/t25-,28?/m0/s1. The molecule has 176 valence electrons. The molecule has 0 aliphatic carbocycles. The second kappa shape index (κ2) is 8.60. The van der Waals surface area contributed by atoms with E-state index < -0.39 is 0 Å². The van der Waals surface area contributed by atoms with Gasteiger partial charge in [-0.25, -0.2) is 0 Å². The van der Waals surface area contributed by atoms with Crippen LogP contribution in [0.1, 0.15) is 48.4 Å². The van der Waals surface area contributed by atoms with Crippen LogP contribution in [0.15, 0.2) is 55.0 Å². The Bertz CT molecular complexity index is 1270. The summed E-state index contributed by atoms with van der Waals surface area (Å²) in [7, 11) is 1.78. The number of benzene rings is 2. The van der Waals surface area contributed by atoms with E-state index in [0.29, 0.717) is 6.04 Å². The van der Waals surface area contributed by atoms with Crippen molar-refractivity contribution in [2.45, 2.75) is 50.8 Å². The minimum atomic E-state index is 0.0190. The minimum absolute atomic E-state index is 0.0190. The van der Waals surface area contributed by atoms with Gasteiger partial charge >= 0.3 is 0 Å². The van der Waals surface area contributed by atoms with Crippen molar-refractivity contribution < 1.29 is 9.47 Å². The Hall–Kier alpha value is -3.09. The topological polar surface area (TPSA) is 66.2 Å². The van der Waals surface area contributed by atoms with Crippen LogP contribution in [0.2, 0.25) is 0 Å². The van der Waals surface area contributed by atoms with Gasteiger partial charge in [0.1, 0.15) is 5.75 Å². The molecular weight excluding hydrogens is 424 g/mol. The van der Waals surface area contributed by atoms with E-state index in [0.717, 1.165) is 43.9 Å². The van der Waals surface area contributed by atoms with Crippen molar-refractivity contribution in [2.75, 3.05) is 20.3 Å². The summed E-state index contributed by atoms with van der Waals surface area (Å²) in [5, 5.41) is 8.26. The molecule has 6 nitrogen and oxygen atoms in total. The number of ether oxygens (including phenoxy) is 2. The van der Waals surface area contributed by atoms with Gasteiger partial charge in [-0.2, -0.15) is 5.10 Å². The molecule has 0 bridgehead atoms. The number of nitrogens with one attached hydrogen (secondary N) is 2. The van der Waals surface area contributed by atoms with Crippen molar-refractivity contribution in [3.05, 3.63) is 71.7 Å². The van der Waals surface area contributed by atoms with Gasteiger partial charge in [-0.05, 0) is 61.4 Å². The number of aryl methyl sites for hydroxylation is 1. The molecule has 6 heteroatoms. The van der Waals surface area contributed by atoms with E-state index in [1.54, 1.807) is 7.11 Å². The fraction of sp³-hybridized carbons (Fsp3) is 0.393. The van der Waals surface area contributed by atoms with Crippen LogP contribution in [-0.4, -0.2) is 45.9 Å². The quantitative estimate of drug-likeness (QED) is 0.401. The number of rotatable bonds is 5. The first-order valence-corrected chi connectivity index (χ1v) is 12.3. The molecule has 0 radical (unpaired) electrons. The smallest absolute Gasteiger partial charge is 0.124 e. The van der Waals surface area contributed by atoms with Gasteiger partial charge in [-0.1, -0.05) is 24.3 Å². The number of fused-ring (bicyclic) bond motifs is 1. The number of H-pyrrole nitrogens is 2. The van der Waals surface area contributed by atoms with Crippen molar-refractivity contribution in [2.24, 2.45) is 0 Å². The molecule has 2 N–H and O–H groups in total. The third-order valence-electron chi connectivity index (χ3n) is 7.87. The summed E-state index contributed by atoms with van der Waals surface area (Å²) in [6, 6.07) is 13.6. The second-order valence-electron chi connectivity index (χ2n) is 9.83. The molecule has 0 saturated carbocycles. The molecule has 2 aromatic carbocycles. The van der Waals surface area contributed by atoms with Gasteiger partial charge < -0.3 is 14.5 Å². The molecule has 4 heterocycles. The lowest BCUT2D eigenvalue weighted by Crippen LogP contribution is -2.45. The van der Waals surface area contributed by atoms with E-state index in [1.807, 2.05) is 18.6 Å². The zero-order chi connectivity index (χ0) is 23.1. The maximum atomic E-state index is 6.36. The minimum Gasteiger partial charge on any atom is -0.496 e. The van der Waals surface area contributed by atoms with E-state index in [-0.39, 0.29) is 5.60 Å². The van der Waals surface area contributed by atoms with E-state index >= 15 is 0 Å². The summed E-state index contributed by atoms with van der Waals surface area (Å²) >= 11 is 0. The Labute approximate surface area is 200 Å². The summed E-state index contributed by atoms with van der Waals surface area (Å²) in [4.78, 5) is 6.04. The molecule has 2 saturated heterocycles. The van der Waals surface area contributed by atoms with Crippen molar-refractivity contribution in [3.8, 4) is 16.9 Å². The van der Waals surface area contributed by atoms with Crippen LogP contribution in [0, 0.1) is 6.92 Å². The van der Waals surface area contributed by atoms with E-state index in [9.17, 15) is 0 Å². The molecular formula is C28H32N4O2. The summed E-state index contributed by atoms with van der Waals surface area (Å²) in [6.45, 7) is 4.89. The van der Waals surface area contributed by atoms with Crippen LogP contribution in [0.3, 0.4) is 0 Å². The SMILES string of the molecule is COc1cc(C)c2[nH]ccc2c1CN1CCC2(CCCO2)C[C@H]1c1ccc(-c2cn[nH]c2)cc1. The van der Waals surface area contributed by atoms with E-state index in [1.165, 1.54) is 46.0 Å². The highest BCUT2D eigenvalue weighted by molar-refractivity contribution is 5.88. The molecule has 2 atom stereocenters. The Balaban J connectivity index is 1.36. The third kappa shape index (κ3) is 3.71. The molecule has 2 aliphatic rings. The fourth-order valence-corrected chi connectivity index (χ4v) is 6.01. The van der Waals surface area contributed by atoms with Crippen molar-refractivity contribution in [1.29, 1.82) is 0 Å². The molecule has 0 amide bonds. The summed E-state index contributed by atoms with van der Waals surface area (Å²) in [6.07, 6.45) is 10.3. The number of likely N-dealkylation sites (tertiary alicyclic amines) is 1. The van der Waals surface area contributed by atoms with Crippen molar-refractivity contribution in [3.63, 3.8) is 0 Å². The number of nitrogens with zero attached hydrogens (tertiary/aromatic N) is 2. The first-order chi connectivity index (χ1) is 16.7. The van der Waals surface area contributed by atoms with Crippen LogP contribution in [0.25, 0.3) is 22.0 Å². The highest BCUT2D eigenvalue weighted by Gasteiger charge is 2.43. The zero-order valence-corrected chi connectivity index (χ0v) is 19.9. The van der Waals surface area contributed by atoms with Gasteiger partial charge in [0.05, 0.1) is 18.9 Å². The van der Waals surface area contributed by atoms with Gasteiger partial charge in [0.25, 0.3) is 0 Å². The van der Waals surface area contributed by atoms with Gasteiger partial charge in [-0.3, -0.25) is 10.00 Å². The lowest BCUT2D eigenvalue weighted by atomic mass is 9.81. The normalized spacial score (nSPS) is 23.2. The van der Waals surface area contributed by atoms with Crippen molar-refractivity contribution in [1.82, 2.24) is 20.1 Å². The number of hydrogen-bond acceptors (Lipinski definition) is 4. The van der Waals surface area contributed by atoms with Crippen LogP contribution in [0.5, 0.6) is 5.75 Å². The average Bonchev–Trinajstić information content (AvgIpc) is 3.64. The molecule has 2 aliphatic heterocycles. The molecule has 1 spiro atoms. The van der Waals surface area contributed by atoms with Crippen LogP contribution >= 0.6 is 0 Å². The van der Waals surface area contributed by atoms with Crippen LogP contribution < -0.4 is 4.74 Å². The summed E-state index contributed by atoms with van der Waals surface area (Å²) in [5.41, 5.74) is 7.33. The van der Waals surface area contributed by atoms with E-state index in [4.69, 9.17) is 9.47 Å². The van der Waals surface area contributed by atoms with Gasteiger partial charge in [0.15, 0.2) is 0 Å². The Kier molecular flexibility index (Phi) is 5.42. The number of aromatic amines is 2. The second-order valence-corrected chi connectivity index (χ2v) is 9.83. The highest BCUT2D eigenvalue weighted by atomic mass is 16.5. The summed E-state index contributed by atoms with van der Waals surface area (Å²) in [5.74, 6) is 0.969. The maximum absolute atomic E-state index is 6.36. The number of hydrogen-bond donors (Lipinski definition) is 2. The van der Waals surface area contributed by atoms with Crippen molar-refractivity contribution >= 4 is 10.9 Å². The van der Waals surface area contributed by atoms with Gasteiger partial charge in [0, 0.05) is 60.2 Å². The lowest BCUT2D eigenvalue weighted by molar-refractivity contribution is -0.0676. The first-order valence-electron chi connectivity index (χ1n) is 12.3. The first kappa shape index (κ1) is 21.4. The zero-order valence-electron chi connectivity index (χ0n) is 19.9. The molecule has 34 heavy (non-hydrogen) atoms. The summed E-state index contributed by atoms with van der Waals surface area (Å²) < 4.78 is 12.2. The monoisotopic (exact) mass is 456 g/mol. The fourth-order valence-electron chi connectivity index (χ4n) is 6.01. The lowest BCUT2D eigenvalue weighted by Gasteiger charge is -2.45. The number of methoxy groups -OCH3 is 1. The van der Waals surface area contributed by atoms with Gasteiger partial charge in [-0.15, -0.1) is 0 Å². The predicted octanol–water partition coefficient (Wildman–Crippen LogP) is 5.76. The largest absolute Gasteiger partial charge is 0.496 e. The Morgan fingerprint density at radius 3 is 2.79 bits per heavy atom. The maximum Gasteiger partial charge on any atom is 0.124 e. The molecule has 6 rings (SSSR count). The molecule has 4 aromatic rings. The van der Waals surface area contributed by atoms with Crippen LogP contribution in [0.4, 0.5) is 0 Å². The molecule has 2 fully saturated rings. The predicted molar refractivity (Wildman–Crippen MR) is 134 cm³/mol. The third-order valence-corrected chi connectivity index (χ3v) is 7.87. The number of piperidine rings is 1. The molecule has 1 unspecified atom stereocenters.